The van der Waals surface area contributed by atoms with Gasteiger partial charge < -0.3 is 10.5 Å². The summed E-state index contributed by atoms with van der Waals surface area (Å²) < 4.78 is 43.2. The molecule has 21 heavy (non-hydrogen) atoms. The molecule has 0 aliphatic rings. The summed E-state index contributed by atoms with van der Waals surface area (Å²) in [6, 6.07) is 12.3. The minimum Gasteiger partial charge on any atom is -0.484 e. The minimum atomic E-state index is -4.34. The van der Waals surface area contributed by atoms with Gasteiger partial charge in [-0.25, -0.2) is 0 Å². The first kappa shape index (κ1) is 15.4. The molecule has 0 amide bonds. The molecule has 2 rings (SSSR count). The third-order valence-corrected chi connectivity index (χ3v) is 3.09. The van der Waals surface area contributed by atoms with Crippen LogP contribution in [-0.4, -0.2) is 6.54 Å². The second kappa shape index (κ2) is 6.18. The molecule has 1 atom stereocenters. The molecule has 112 valence electrons. The molecule has 0 fully saturated rings. The van der Waals surface area contributed by atoms with Crippen LogP contribution in [0.4, 0.5) is 13.2 Å². The van der Waals surface area contributed by atoms with Crippen molar-refractivity contribution in [3.05, 3.63) is 65.2 Å². The lowest BCUT2D eigenvalue weighted by Crippen LogP contribution is -2.18. The highest BCUT2D eigenvalue weighted by Crippen LogP contribution is 2.31. The molecule has 0 aliphatic carbocycles. The number of benzene rings is 2. The van der Waals surface area contributed by atoms with E-state index in [2.05, 4.69) is 0 Å². The van der Waals surface area contributed by atoms with E-state index >= 15 is 0 Å². The van der Waals surface area contributed by atoms with Crippen LogP contribution in [0, 0.1) is 6.92 Å². The number of aryl methyl sites for hydroxylation is 1. The van der Waals surface area contributed by atoms with Crippen molar-refractivity contribution in [2.24, 2.45) is 5.73 Å². The van der Waals surface area contributed by atoms with E-state index in [0.717, 1.165) is 23.3 Å². The number of ether oxygens (including phenoxy) is 1. The maximum atomic E-state index is 12.5. The Labute approximate surface area is 121 Å². The second-order valence-corrected chi connectivity index (χ2v) is 4.78. The monoisotopic (exact) mass is 295 g/mol. The van der Waals surface area contributed by atoms with Gasteiger partial charge in [0.2, 0.25) is 0 Å². The quantitative estimate of drug-likeness (QED) is 0.922. The van der Waals surface area contributed by atoms with Crippen LogP contribution in [0.2, 0.25) is 0 Å². The van der Waals surface area contributed by atoms with Crippen LogP contribution in [0.5, 0.6) is 5.75 Å². The predicted octanol–water partition coefficient (Wildman–Crippen LogP) is 4.09. The second-order valence-electron chi connectivity index (χ2n) is 4.78. The van der Waals surface area contributed by atoms with E-state index in [4.69, 9.17) is 10.5 Å². The van der Waals surface area contributed by atoms with Crippen LogP contribution >= 0.6 is 0 Å². The number of nitrogens with two attached hydrogens (primary N) is 1. The average Bonchev–Trinajstić information content (AvgIpc) is 2.44. The predicted molar refractivity (Wildman–Crippen MR) is 75.0 cm³/mol. The SMILES string of the molecule is Cc1cccc(C(CN)Oc2ccc(C(F)(F)F)cc2)c1. The van der Waals surface area contributed by atoms with Crippen molar-refractivity contribution >= 4 is 0 Å². The normalized spacial score (nSPS) is 13.0. The third-order valence-electron chi connectivity index (χ3n) is 3.09. The highest BCUT2D eigenvalue weighted by atomic mass is 19.4. The molecule has 0 spiro atoms. The number of hydrogen-bond acceptors (Lipinski definition) is 2. The zero-order chi connectivity index (χ0) is 15.5. The van der Waals surface area contributed by atoms with Crippen molar-refractivity contribution in [3.8, 4) is 5.75 Å². The zero-order valence-corrected chi connectivity index (χ0v) is 11.5. The summed E-state index contributed by atoms with van der Waals surface area (Å²) in [6.07, 6.45) is -4.73. The molecule has 2 N–H and O–H groups in total. The van der Waals surface area contributed by atoms with Crippen LogP contribution in [-0.2, 0) is 6.18 Å². The molecule has 0 radical (unpaired) electrons. The lowest BCUT2D eigenvalue weighted by atomic mass is 10.1. The van der Waals surface area contributed by atoms with Gasteiger partial charge in [0.15, 0.2) is 0 Å². The number of rotatable bonds is 4. The molecule has 2 aromatic carbocycles. The molecule has 1 unspecified atom stereocenters. The van der Waals surface area contributed by atoms with Gasteiger partial charge in [0.05, 0.1) is 5.56 Å². The van der Waals surface area contributed by atoms with Crippen molar-refractivity contribution in [3.63, 3.8) is 0 Å². The molecule has 0 saturated carbocycles. The number of hydrogen-bond donors (Lipinski definition) is 1. The molecule has 5 heteroatoms. The molecular weight excluding hydrogens is 279 g/mol. The molecule has 0 bridgehead atoms. The summed E-state index contributed by atoms with van der Waals surface area (Å²) in [6.45, 7) is 2.19. The fraction of sp³-hybridized carbons (Fsp3) is 0.250. The van der Waals surface area contributed by atoms with Crippen molar-refractivity contribution in [2.75, 3.05) is 6.54 Å². The van der Waals surface area contributed by atoms with Gasteiger partial charge in [-0.15, -0.1) is 0 Å². The van der Waals surface area contributed by atoms with Crippen LogP contribution in [0.15, 0.2) is 48.5 Å². The molecule has 0 aromatic heterocycles. The molecule has 0 saturated heterocycles. The largest absolute Gasteiger partial charge is 0.484 e. The first-order chi connectivity index (χ1) is 9.90. The van der Waals surface area contributed by atoms with Gasteiger partial charge >= 0.3 is 6.18 Å². The molecule has 2 nitrogen and oxygen atoms in total. The maximum absolute atomic E-state index is 12.5. The first-order valence-corrected chi connectivity index (χ1v) is 6.50. The summed E-state index contributed by atoms with van der Waals surface area (Å²) in [5.74, 6) is 0.361. The Morgan fingerprint density at radius 3 is 2.29 bits per heavy atom. The molecule has 0 aliphatic heterocycles. The van der Waals surface area contributed by atoms with E-state index in [9.17, 15) is 13.2 Å². The van der Waals surface area contributed by atoms with E-state index in [1.165, 1.54) is 12.1 Å². The Balaban J connectivity index is 2.15. The summed E-state index contributed by atoms with van der Waals surface area (Å²) in [5.41, 5.74) is 6.97. The maximum Gasteiger partial charge on any atom is 0.416 e. The van der Waals surface area contributed by atoms with Gasteiger partial charge in [0, 0.05) is 6.54 Å². The summed E-state index contributed by atoms with van der Waals surface area (Å²) in [5, 5.41) is 0. The zero-order valence-electron chi connectivity index (χ0n) is 11.5. The van der Waals surface area contributed by atoms with E-state index in [1.807, 2.05) is 31.2 Å². The van der Waals surface area contributed by atoms with Crippen molar-refractivity contribution in [1.29, 1.82) is 0 Å². The molecule has 2 aromatic rings. The van der Waals surface area contributed by atoms with Crippen molar-refractivity contribution in [1.82, 2.24) is 0 Å². The third kappa shape index (κ3) is 3.98. The Kier molecular flexibility index (Phi) is 4.53. The van der Waals surface area contributed by atoms with Crippen LogP contribution in [0.1, 0.15) is 22.8 Å². The van der Waals surface area contributed by atoms with Crippen molar-refractivity contribution < 1.29 is 17.9 Å². The van der Waals surface area contributed by atoms with Gasteiger partial charge in [-0.2, -0.15) is 13.2 Å². The average molecular weight is 295 g/mol. The number of halogens is 3. The highest BCUT2D eigenvalue weighted by Gasteiger charge is 2.30. The summed E-state index contributed by atoms with van der Waals surface area (Å²) in [4.78, 5) is 0. The van der Waals surface area contributed by atoms with Crippen LogP contribution < -0.4 is 10.5 Å². The van der Waals surface area contributed by atoms with Gasteiger partial charge in [-0.1, -0.05) is 29.8 Å². The Hall–Kier alpha value is -2.01. The fourth-order valence-electron chi connectivity index (χ4n) is 2.01. The van der Waals surface area contributed by atoms with Crippen LogP contribution in [0.3, 0.4) is 0 Å². The lowest BCUT2D eigenvalue weighted by molar-refractivity contribution is -0.137. The lowest BCUT2D eigenvalue weighted by Gasteiger charge is -2.18. The highest BCUT2D eigenvalue weighted by molar-refractivity contribution is 5.31. The Morgan fingerprint density at radius 1 is 1.10 bits per heavy atom. The number of alkyl halides is 3. The molecule has 0 heterocycles. The summed E-state index contributed by atoms with van der Waals surface area (Å²) >= 11 is 0. The van der Waals surface area contributed by atoms with Gasteiger partial charge in [-0.3, -0.25) is 0 Å². The van der Waals surface area contributed by atoms with E-state index in [1.54, 1.807) is 0 Å². The van der Waals surface area contributed by atoms with Crippen molar-refractivity contribution in [2.45, 2.75) is 19.2 Å². The topological polar surface area (TPSA) is 35.2 Å². The summed E-state index contributed by atoms with van der Waals surface area (Å²) in [7, 11) is 0. The smallest absolute Gasteiger partial charge is 0.416 e. The van der Waals surface area contributed by atoms with E-state index in [0.29, 0.717) is 5.75 Å². The van der Waals surface area contributed by atoms with Gasteiger partial charge in [-0.05, 0) is 36.8 Å². The minimum absolute atomic E-state index is 0.241. The van der Waals surface area contributed by atoms with Gasteiger partial charge in [0.1, 0.15) is 11.9 Å². The Bertz CT molecular complexity index is 593. The first-order valence-electron chi connectivity index (χ1n) is 6.50. The Morgan fingerprint density at radius 2 is 1.76 bits per heavy atom. The van der Waals surface area contributed by atoms with Crippen LogP contribution in [0.25, 0.3) is 0 Å². The van der Waals surface area contributed by atoms with E-state index in [-0.39, 0.29) is 12.6 Å². The molecular formula is C16H16F3NO. The van der Waals surface area contributed by atoms with Gasteiger partial charge in [0.25, 0.3) is 0 Å². The van der Waals surface area contributed by atoms with E-state index < -0.39 is 11.7 Å². The fourth-order valence-corrected chi connectivity index (χ4v) is 2.01. The standard InChI is InChI=1S/C16H16F3NO/c1-11-3-2-4-12(9-11)15(10-20)21-14-7-5-13(6-8-14)16(17,18)19/h2-9,15H,10,20H2,1H3.